The highest BCUT2D eigenvalue weighted by molar-refractivity contribution is 5.79. The zero-order chi connectivity index (χ0) is 17.6. The van der Waals surface area contributed by atoms with Gasteiger partial charge in [-0.25, -0.2) is 9.37 Å². The largest absolute Gasteiger partial charge is 0.493 e. The topological polar surface area (TPSA) is 67.9 Å². The van der Waals surface area contributed by atoms with Gasteiger partial charge in [-0.1, -0.05) is 11.2 Å². The number of rotatable bonds is 6. The summed E-state index contributed by atoms with van der Waals surface area (Å²) in [5.41, 5.74) is 2.17. The smallest absolute Gasteiger partial charge is 0.226 e. The minimum absolute atomic E-state index is 0.326. The van der Waals surface area contributed by atoms with Crippen molar-refractivity contribution in [1.29, 1.82) is 0 Å². The fraction of sp³-hybridized carbons (Fsp3) is 0.158. The van der Waals surface area contributed by atoms with Crippen molar-refractivity contribution in [2.24, 2.45) is 5.16 Å². The van der Waals surface area contributed by atoms with E-state index in [1.165, 1.54) is 18.3 Å². The van der Waals surface area contributed by atoms with Crippen LogP contribution in [0.25, 0.3) is 11.5 Å². The number of hydrogen-bond acceptors (Lipinski definition) is 5. The minimum atomic E-state index is -0.326. The van der Waals surface area contributed by atoms with Crippen LogP contribution in [0.1, 0.15) is 17.0 Å². The summed E-state index contributed by atoms with van der Waals surface area (Å²) in [5.74, 6) is 1.48. The summed E-state index contributed by atoms with van der Waals surface area (Å²) >= 11 is 0. The van der Waals surface area contributed by atoms with Crippen molar-refractivity contribution in [3.05, 3.63) is 71.4 Å². The van der Waals surface area contributed by atoms with E-state index in [1.807, 2.05) is 6.92 Å². The molecule has 3 rings (SSSR count). The van der Waals surface area contributed by atoms with E-state index in [0.717, 1.165) is 11.3 Å². The van der Waals surface area contributed by atoms with Crippen molar-refractivity contribution >= 4 is 6.21 Å². The Morgan fingerprint density at radius 2 is 2.04 bits per heavy atom. The molecule has 0 bridgehead atoms. The van der Waals surface area contributed by atoms with Crippen molar-refractivity contribution < 1.29 is 18.8 Å². The van der Waals surface area contributed by atoms with Crippen LogP contribution in [0, 0.1) is 12.7 Å². The molecule has 0 amide bonds. The van der Waals surface area contributed by atoms with Gasteiger partial charge in [-0.05, 0) is 55.0 Å². The maximum absolute atomic E-state index is 13.3. The molecule has 3 aromatic rings. The quantitative estimate of drug-likeness (QED) is 0.414. The van der Waals surface area contributed by atoms with Gasteiger partial charge < -0.3 is 14.4 Å². The number of benzene rings is 2. The fourth-order valence-corrected chi connectivity index (χ4v) is 2.39. The molecular weight excluding hydrogens is 323 g/mol. The molecule has 0 aliphatic rings. The number of aryl methyl sites for hydroxylation is 1. The predicted molar refractivity (Wildman–Crippen MR) is 91.7 cm³/mol. The molecule has 0 fully saturated rings. The Labute approximate surface area is 144 Å². The third-order valence-electron chi connectivity index (χ3n) is 3.66. The van der Waals surface area contributed by atoms with Gasteiger partial charge >= 0.3 is 0 Å². The Balaban J connectivity index is 1.62. The first-order valence-corrected chi connectivity index (χ1v) is 7.78. The van der Waals surface area contributed by atoms with Gasteiger partial charge in [0, 0.05) is 12.0 Å². The fourth-order valence-electron chi connectivity index (χ4n) is 2.39. The molecule has 0 radical (unpaired) electrons. The Morgan fingerprint density at radius 3 is 2.76 bits per heavy atom. The van der Waals surface area contributed by atoms with Gasteiger partial charge in [0.15, 0.2) is 0 Å². The molecule has 25 heavy (non-hydrogen) atoms. The zero-order valence-electron chi connectivity index (χ0n) is 13.6. The highest BCUT2D eigenvalue weighted by Crippen LogP contribution is 2.23. The summed E-state index contributed by atoms with van der Waals surface area (Å²) in [4.78, 5) is 4.43. The summed E-state index contributed by atoms with van der Waals surface area (Å²) in [6.45, 7) is 2.26. The van der Waals surface area contributed by atoms with Gasteiger partial charge in [-0.15, -0.1) is 0 Å². The van der Waals surface area contributed by atoms with Crippen molar-refractivity contribution in [1.82, 2.24) is 4.98 Å². The van der Waals surface area contributed by atoms with Crippen molar-refractivity contribution in [3.63, 3.8) is 0 Å². The third kappa shape index (κ3) is 4.23. The van der Waals surface area contributed by atoms with Crippen LogP contribution in [0.2, 0.25) is 0 Å². The second-order valence-corrected chi connectivity index (χ2v) is 5.44. The molecule has 1 heterocycles. The Hall–Kier alpha value is -3.15. The van der Waals surface area contributed by atoms with Crippen LogP contribution >= 0.6 is 0 Å². The van der Waals surface area contributed by atoms with Crippen molar-refractivity contribution in [3.8, 4) is 17.2 Å². The number of halogens is 1. The molecule has 5 nitrogen and oxygen atoms in total. The molecule has 0 unspecified atom stereocenters. The second-order valence-electron chi connectivity index (χ2n) is 5.44. The van der Waals surface area contributed by atoms with Gasteiger partial charge in [-0.3, -0.25) is 0 Å². The van der Waals surface area contributed by atoms with E-state index < -0.39 is 0 Å². The number of oxime groups is 1. The Morgan fingerprint density at radius 1 is 1.24 bits per heavy atom. The molecule has 0 aliphatic heterocycles. The lowest BCUT2D eigenvalue weighted by atomic mass is 10.2. The summed E-state index contributed by atoms with van der Waals surface area (Å²) in [6, 6.07) is 13.3. The Bertz CT molecular complexity index is 873. The number of hydrogen-bond donors (Lipinski definition) is 1. The maximum Gasteiger partial charge on any atom is 0.226 e. The van der Waals surface area contributed by atoms with Crippen LogP contribution in [0.15, 0.2) is 58.1 Å². The monoisotopic (exact) mass is 340 g/mol. The van der Waals surface area contributed by atoms with Crippen LogP contribution in [-0.2, 0) is 6.42 Å². The van der Waals surface area contributed by atoms with E-state index >= 15 is 0 Å². The van der Waals surface area contributed by atoms with Gasteiger partial charge in [0.25, 0.3) is 0 Å². The molecule has 0 saturated carbocycles. The molecule has 6 heteroatoms. The van der Waals surface area contributed by atoms with Gasteiger partial charge in [-0.2, -0.15) is 0 Å². The Kier molecular flexibility index (Phi) is 5.09. The number of ether oxygens (including phenoxy) is 1. The lowest BCUT2D eigenvalue weighted by molar-refractivity contribution is 0.319. The van der Waals surface area contributed by atoms with E-state index in [0.29, 0.717) is 36.0 Å². The summed E-state index contributed by atoms with van der Waals surface area (Å²) in [5, 5.41) is 11.5. The van der Waals surface area contributed by atoms with Crippen molar-refractivity contribution in [2.75, 3.05) is 6.61 Å². The molecule has 0 spiro atoms. The summed E-state index contributed by atoms with van der Waals surface area (Å²) in [7, 11) is 0. The molecule has 0 atom stereocenters. The highest BCUT2D eigenvalue weighted by atomic mass is 19.1. The first-order chi connectivity index (χ1) is 12.2. The molecule has 2 aromatic carbocycles. The lowest BCUT2D eigenvalue weighted by Crippen LogP contribution is -2.02. The molecule has 1 N–H and O–H groups in total. The highest BCUT2D eigenvalue weighted by Gasteiger charge is 2.12. The number of nitrogens with zero attached hydrogens (tertiary/aromatic N) is 2. The van der Waals surface area contributed by atoms with E-state index in [4.69, 9.17) is 14.4 Å². The minimum Gasteiger partial charge on any atom is -0.493 e. The number of aromatic nitrogens is 1. The predicted octanol–water partition coefficient (Wildman–Crippen LogP) is 4.22. The van der Waals surface area contributed by atoms with Crippen LogP contribution in [0.5, 0.6) is 5.75 Å². The first kappa shape index (κ1) is 16.7. The molecule has 128 valence electrons. The molecule has 0 aliphatic carbocycles. The standard InChI is InChI=1S/C19H17FN2O3/c1-13-18(22-19(25-13)15-3-2-4-16(20)11-15)9-10-24-17-7-5-14(6-8-17)12-21-23/h2-8,11-12,23H,9-10H2,1H3/b21-12+. The van der Waals surface area contributed by atoms with Crippen LogP contribution < -0.4 is 4.74 Å². The van der Waals surface area contributed by atoms with E-state index in [-0.39, 0.29) is 5.82 Å². The maximum atomic E-state index is 13.3. The van der Waals surface area contributed by atoms with E-state index in [2.05, 4.69) is 10.1 Å². The lowest BCUT2D eigenvalue weighted by Gasteiger charge is -2.05. The van der Waals surface area contributed by atoms with Gasteiger partial charge in [0.1, 0.15) is 17.3 Å². The third-order valence-corrected chi connectivity index (χ3v) is 3.66. The van der Waals surface area contributed by atoms with Gasteiger partial charge in [0.05, 0.1) is 18.5 Å². The van der Waals surface area contributed by atoms with Crippen LogP contribution in [0.3, 0.4) is 0 Å². The normalized spacial score (nSPS) is 11.1. The number of oxazole rings is 1. The summed E-state index contributed by atoms with van der Waals surface area (Å²) in [6.07, 6.45) is 1.92. The molecular formula is C19H17FN2O3. The second kappa shape index (κ2) is 7.61. The van der Waals surface area contributed by atoms with Crippen LogP contribution in [0.4, 0.5) is 4.39 Å². The zero-order valence-corrected chi connectivity index (χ0v) is 13.6. The SMILES string of the molecule is Cc1oc(-c2cccc(F)c2)nc1CCOc1ccc(/C=N/O)cc1. The van der Waals surface area contributed by atoms with Crippen molar-refractivity contribution in [2.45, 2.75) is 13.3 Å². The average molecular weight is 340 g/mol. The first-order valence-electron chi connectivity index (χ1n) is 7.78. The van der Waals surface area contributed by atoms with E-state index in [9.17, 15) is 4.39 Å². The van der Waals surface area contributed by atoms with E-state index in [1.54, 1.807) is 36.4 Å². The molecule has 0 saturated heterocycles. The van der Waals surface area contributed by atoms with Gasteiger partial charge in [0.2, 0.25) is 5.89 Å². The summed E-state index contributed by atoms with van der Waals surface area (Å²) < 4.78 is 24.6. The molecule has 1 aromatic heterocycles. The average Bonchev–Trinajstić information content (AvgIpc) is 2.98. The van der Waals surface area contributed by atoms with Crippen LogP contribution in [-0.4, -0.2) is 23.0 Å².